The quantitative estimate of drug-likeness (QED) is 0.404. The number of esters is 1. The van der Waals surface area contributed by atoms with E-state index in [4.69, 9.17) is 18.9 Å². The van der Waals surface area contributed by atoms with Crippen molar-refractivity contribution < 1.29 is 28.5 Å². The number of benzene rings is 2. The van der Waals surface area contributed by atoms with Gasteiger partial charge in [-0.05, 0) is 37.1 Å². The number of hydrogen-bond donors (Lipinski definition) is 2. The highest BCUT2D eigenvalue weighted by atomic mass is 16.6. The van der Waals surface area contributed by atoms with Crippen LogP contribution in [0.25, 0.3) is 10.8 Å². The van der Waals surface area contributed by atoms with E-state index in [1.54, 1.807) is 20.4 Å². The van der Waals surface area contributed by atoms with E-state index >= 15 is 0 Å². The minimum Gasteiger partial charge on any atom is -0.497 e. The van der Waals surface area contributed by atoms with Crippen LogP contribution in [-0.4, -0.2) is 69.0 Å². The van der Waals surface area contributed by atoms with Crippen molar-refractivity contribution in [2.24, 2.45) is 5.41 Å². The number of ether oxygens (including phenoxy) is 4. The first-order chi connectivity index (χ1) is 18.4. The van der Waals surface area contributed by atoms with Crippen molar-refractivity contribution in [2.75, 3.05) is 52.2 Å². The van der Waals surface area contributed by atoms with E-state index in [9.17, 15) is 9.59 Å². The second-order valence-electron chi connectivity index (χ2n) is 9.88. The fourth-order valence-corrected chi connectivity index (χ4v) is 5.92. The van der Waals surface area contributed by atoms with Gasteiger partial charge in [0, 0.05) is 59.3 Å². The van der Waals surface area contributed by atoms with Crippen LogP contribution in [0.2, 0.25) is 0 Å². The van der Waals surface area contributed by atoms with Crippen LogP contribution >= 0.6 is 0 Å². The van der Waals surface area contributed by atoms with E-state index in [2.05, 4.69) is 15.6 Å². The summed E-state index contributed by atoms with van der Waals surface area (Å²) in [5.41, 5.74) is 0.766. The van der Waals surface area contributed by atoms with E-state index in [1.807, 2.05) is 42.5 Å². The first kappa shape index (κ1) is 25.4. The molecule has 0 unspecified atom stereocenters. The number of hydrogen-bond acceptors (Lipinski definition) is 9. The third-order valence-corrected chi connectivity index (χ3v) is 7.71. The van der Waals surface area contributed by atoms with E-state index < -0.39 is 17.6 Å². The monoisotopic (exact) mass is 520 g/mol. The third kappa shape index (κ3) is 4.19. The van der Waals surface area contributed by atoms with Gasteiger partial charge in [0.05, 0.1) is 28.4 Å². The van der Waals surface area contributed by atoms with Gasteiger partial charge in [-0.3, -0.25) is 4.90 Å². The number of anilines is 2. The Morgan fingerprint density at radius 2 is 1.79 bits per heavy atom. The number of nitrogens with zero attached hydrogens (tertiary/aromatic N) is 2. The SMILES string of the molecule is COC(=O)N1CC2(CNc3cccc4c(NCc5ccc(OC)cc5OC)nccc34)CC1(C(=O)OC)C2. The molecule has 6 rings (SSSR count). The summed E-state index contributed by atoms with van der Waals surface area (Å²) in [7, 11) is 5.94. The standard InChI is InChI=1S/C28H32N4O6/c1-35-19-9-8-18(23(12-19)36-2)13-30-24-21-6-5-7-22(20(21)10-11-29-24)31-16-27-14-28(15-27,25(33)37-3)32(17-27)26(34)38-4/h5-12,31H,13-17H2,1-4H3,(H,29,30). The van der Waals surface area contributed by atoms with Crippen LogP contribution in [-0.2, 0) is 20.8 Å². The van der Waals surface area contributed by atoms with E-state index in [1.165, 1.54) is 19.1 Å². The summed E-state index contributed by atoms with van der Waals surface area (Å²) < 4.78 is 20.8. The van der Waals surface area contributed by atoms with Crippen LogP contribution in [0.15, 0.2) is 48.7 Å². The maximum atomic E-state index is 12.5. The molecule has 2 aromatic carbocycles. The number of methoxy groups -OCH3 is 4. The Balaban J connectivity index is 1.33. The molecule has 1 amide bonds. The molecule has 1 aliphatic carbocycles. The molecule has 10 nitrogen and oxygen atoms in total. The Labute approximate surface area is 221 Å². The Kier molecular flexibility index (Phi) is 6.64. The molecule has 2 aliphatic heterocycles. The highest BCUT2D eigenvalue weighted by Gasteiger charge is 2.71. The highest BCUT2D eigenvalue weighted by Crippen LogP contribution is 2.60. The lowest BCUT2D eigenvalue weighted by Gasteiger charge is -2.45. The summed E-state index contributed by atoms with van der Waals surface area (Å²) in [6, 6.07) is 13.7. The molecule has 2 bridgehead atoms. The number of carbonyl (C=O) groups is 2. The van der Waals surface area contributed by atoms with Crippen LogP contribution in [0.4, 0.5) is 16.3 Å². The number of rotatable bonds is 9. The Morgan fingerprint density at radius 3 is 2.50 bits per heavy atom. The number of carbonyl (C=O) groups excluding carboxylic acids is 2. The zero-order valence-electron chi connectivity index (χ0n) is 22.0. The Bertz CT molecular complexity index is 1370. The zero-order chi connectivity index (χ0) is 26.9. The van der Waals surface area contributed by atoms with Crippen molar-refractivity contribution >= 4 is 34.3 Å². The molecule has 38 heavy (non-hydrogen) atoms. The molecule has 1 saturated carbocycles. The van der Waals surface area contributed by atoms with Gasteiger partial charge < -0.3 is 29.6 Å². The minimum atomic E-state index is -0.939. The lowest BCUT2D eigenvalue weighted by molar-refractivity contribution is -0.157. The molecule has 10 heteroatoms. The van der Waals surface area contributed by atoms with Gasteiger partial charge in [0.2, 0.25) is 0 Å². The molecule has 0 spiro atoms. The van der Waals surface area contributed by atoms with Gasteiger partial charge in [-0.2, -0.15) is 0 Å². The van der Waals surface area contributed by atoms with E-state index in [0.717, 1.165) is 39.3 Å². The minimum absolute atomic E-state index is 0.233. The summed E-state index contributed by atoms with van der Waals surface area (Å²) in [5.74, 6) is 1.83. The van der Waals surface area contributed by atoms with Crippen molar-refractivity contribution in [1.82, 2.24) is 9.88 Å². The lowest BCUT2D eigenvalue weighted by Crippen LogP contribution is -2.58. The molecule has 3 heterocycles. The molecule has 3 fully saturated rings. The average Bonchev–Trinajstić information content (AvgIpc) is 3.46. The second-order valence-corrected chi connectivity index (χ2v) is 9.88. The van der Waals surface area contributed by atoms with Gasteiger partial charge in [0.25, 0.3) is 0 Å². The summed E-state index contributed by atoms with van der Waals surface area (Å²) in [6.07, 6.45) is 2.35. The van der Waals surface area contributed by atoms with Crippen LogP contribution in [0.3, 0.4) is 0 Å². The normalized spacial score (nSPS) is 21.4. The van der Waals surface area contributed by atoms with Crippen molar-refractivity contribution in [1.29, 1.82) is 0 Å². The number of aromatic nitrogens is 1. The molecular formula is C28H32N4O6. The molecule has 2 N–H and O–H groups in total. The van der Waals surface area contributed by atoms with Gasteiger partial charge in [-0.15, -0.1) is 0 Å². The number of pyridine rings is 1. The lowest BCUT2D eigenvalue weighted by atomic mass is 9.61. The first-order valence-corrected chi connectivity index (χ1v) is 12.4. The van der Waals surface area contributed by atoms with Gasteiger partial charge in [-0.1, -0.05) is 12.1 Å². The predicted octanol–water partition coefficient (Wildman–Crippen LogP) is 4.05. The van der Waals surface area contributed by atoms with Gasteiger partial charge in [0.1, 0.15) is 22.9 Å². The Hall–Kier alpha value is -4.21. The van der Waals surface area contributed by atoms with Crippen LogP contribution in [0, 0.1) is 5.41 Å². The van der Waals surface area contributed by atoms with Crippen molar-refractivity contribution in [3.05, 3.63) is 54.2 Å². The molecular weight excluding hydrogens is 488 g/mol. The Morgan fingerprint density at radius 1 is 0.974 bits per heavy atom. The zero-order valence-corrected chi connectivity index (χ0v) is 22.0. The van der Waals surface area contributed by atoms with Crippen molar-refractivity contribution in [2.45, 2.75) is 24.9 Å². The summed E-state index contributed by atoms with van der Waals surface area (Å²) >= 11 is 0. The highest BCUT2D eigenvalue weighted by molar-refractivity contribution is 6.00. The topological polar surface area (TPSA) is 111 Å². The largest absolute Gasteiger partial charge is 0.497 e. The van der Waals surface area contributed by atoms with Gasteiger partial charge >= 0.3 is 12.1 Å². The smallest absolute Gasteiger partial charge is 0.410 e. The van der Waals surface area contributed by atoms with Gasteiger partial charge in [0.15, 0.2) is 0 Å². The molecule has 3 aliphatic rings. The van der Waals surface area contributed by atoms with E-state index in [0.29, 0.717) is 32.5 Å². The number of nitrogens with one attached hydrogen (secondary N) is 2. The second kappa shape index (κ2) is 9.92. The first-order valence-electron chi connectivity index (χ1n) is 12.4. The van der Waals surface area contributed by atoms with Crippen LogP contribution < -0.4 is 20.1 Å². The summed E-state index contributed by atoms with van der Waals surface area (Å²) in [6.45, 7) is 1.57. The molecule has 200 valence electrons. The molecule has 2 saturated heterocycles. The maximum Gasteiger partial charge on any atom is 0.410 e. The molecule has 3 aromatic rings. The van der Waals surface area contributed by atoms with Crippen LogP contribution in [0.1, 0.15) is 18.4 Å². The van der Waals surface area contributed by atoms with Crippen LogP contribution in [0.5, 0.6) is 11.5 Å². The van der Waals surface area contributed by atoms with Crippen molar-refractivity contribution in [3.8, 4) is 11.5 Å². The molecule has 0 radical (unpaired) electrons. The van der Waals surface area contributed by atoms with Gasteiger partial charge in [-0.25, -0.2) is 14.6 Å². The van der Waals surface area contributed by atoms with E-state index in [-0.39, 0.29) is 5.41 Å². The predicted molar refractivity (Wildman–Crippen MR) is 143 cm³/mol. The average molecular weight is 521 g/mol. The maximum absolute atomic E-state index is 12.5. The number of fused-ring (bicyclic) bond motifs is 2. The third-order valence-electron chi connectivity index (χ3n) is 7.71. The fourth-order valence-electron chi connectivity index (χ4n) is 5.92. The van der Waals surface area contributed by atoms with Crippen molar-refractivity contribution in [3.63, 3.8) is 0 Å². The molecule has 1 aromatic heterocycles. The summed E-state index contributed by atoms with van der Waals surface area (Å²) in [4.78, 5) is 31.0. The fraction of sp³-hybridized carbons (Fsp3) is 0.393. The summed E-state index contributed by atoms with van der Waals surface area (Å²) in [5, 5.41) is 9.00. The number of amides is 1. The molecule has 0 atom stereocenters.